The van der Waals surface area contributed by atoms with Crippen LogP contribution in [0, 0.1) is 6.92 Å². The number of aryl methyl sites for hydroxylation is 2. The third-order valence-electron chi connectivity index (χ3n) is 2.84. The number of rotatable bonds is 3. The fourth-order valence-electron chi connectivity index (χ4n) is 1.85. The number of hydrogen-bond acceptors (Lipinski definition) is 2. The van der Waals surface area contributed by atoms with E-state index in [1.807, 2.05) is 6.92 Å². The van der Waals surface area contributed by atoms with Crippen LogP contribution in [0.1, 0.15) is 21.6 Å². The van der Waals surface area contributed by atoms with Gasteiger partial charge in [-0.3, -0.25) is 9.48 Å². The number of carbonyl (C=O) groups excluding carboxylic acids is 1. The molecule has 1 aromatic carbocycles. The summed E-state index contributed by atoms with van der Waals surface area (Å²) in [5.74, 6) is -0.111. The molecule has 0 aliphatic carbocycles. The van der Waals surface area contributed by atoms with Crippen LogP contribution in [0.2, 0.25) is 15.2 Å². The van der Waals surface area contributed by atoms with Gasteiger partial charge in [0.1, 0.15) is 5.15 Å². The van der Waals surface area contributed by atoms with Crippen molar-refractivity contribution in [1.29, 1.82) is 0 Å². The Bertz CT molecular complexity index is 650. The SMILES string of the molecule is Cc1nn(C)c(Cl)c1CC(=O)c1ccc(Cl)cc1Cl. The van der Waals surface area contributed by atoms with Crippen molar-refractivity contribution in [2.75, 3.05) is 0 Å². The minimum absolute atomic E-state index is 0.111. The Morgan fingerprint density at radius 3 is 2.53 bits per heavy atom. The zero-order valence-corrected chi connectivity index (χ0v) is 12.6. The molecule has 2 aromatic rings. The number of benzene rings is 1. The van der Waals surface area contributed by atoms with Gasteiger partial charge in [0, 0.05) is 29.6 Å². The Morgan fingerprint density at radius 2 is 2.00 bits per heavy atom. The van der Waals surface area contributed by atoms with Crippen LogP contribution < -0.4 is 0 Å². The van der Waals surface area contributed by atoms with Crippen LogP contribution in [0.4, 0.5) is 0 Å². The molecule has 1 aromatic heterocycles. The number of carbonyl (C=O) groups is 1. The average Bonchev–Trinajstić information content (AvgIpc) is 2.56. The second-order valence-electron chi connectivity index (χ2n) is 4.20. The van der Waals surface area contributed by atoms with Crippen molar-refractivity contribution in [1.82, 2.24) is 9.78 Å². The Balaban J connectivity index is 2.31. The lowest BCUT2D eigenvalue weighted by molar-refractivity contribution is 0.0993. The smallest absolute Gasteiger partial charge is 0.168 e. The second-order valence-corrected chi connectivity index (χ2v) is 5.40. The van der Waals surface area contributed by atoms with Crippen LogP contribution in [0.5, 0.6) is 0 Å². The summed E-state index contributed by atoms with van der Waals surface area (Å²) in [5.41, 5.74) is 1.90. The Hall–Kier alpha value is -1.03. The van der Waals surface area contributed by atoms with E-state index in [1.54, 1.807) is 29.9 Å². The molecule has 0 aliphatic rings. The zero-order chi connectivity index (χ0) is 14.2. The Labute approximate surface area is 126 Å². The maximum Gasteiger partial charge on any atom is 0.168 e. The molecule has 0 aliphatic heterocycles. The van der Waals surface area contributed by atoms with Crippen LogP contribution >= 0.6 is 34.8 Å². The lowest BCUT2D eigenvalue weighted by Crippen LogP contribution is -2.05. The van der Waals surface area contributed by atoms with Crippen LogP contribution in [0.3, 0.4) is 0 Å². The summed E-state index contributed by atoms with van der Waals surface area (Å²) in [7, 11) is 1.73. The van der Waals surface area contributed by atoms with E-state index in [-0.39, 0.29) is 12.2 Å². The lowest BCUT2D eigenvalue weighted by atomic mass is 10.0. The maximum absolute atomic E-state index is 12.2. The van der Waals surface area contributed by atoms with Crippen LogP contribution in [-0.2, 0) is 13.5 Å². The van der Waals surface area contributed by atoms with E-state index in [0.29, 0.717) is 20.8 Å². The summed E-state index contributed by atoms with van der Waals surface area (Å²) < 4.78 is 1.54. The minimum atomic E-state index is -0.111. The summed E-state index contributed by atoms with van der Waals surface area (Å²) in [5, 5.41) is 5.48. The predicted molar refractivity (Wildman–Crippen MR) is 77.5 cm³/mol. The number of aromatic nitrogens is 2. The fraction of sp³-hybridized carbons (Fsp3) is 0.231. The Morgan fingerprint density at radius 1 is 1.32 bits per heavy atom. The molecule has 0 spiro atoms. The molecule has 1 heterocycles. The summed E-state index contributed by atoms with van der Waals surface area (Å²) in [6.45, 7) is 1.82. The highest BCUT2D eigenvalue weighted by Crippen LogP contribution is 2.25. The van der Waals surface area contributed by atoms with Crippen molar-refractivity contribution in [3.8, 4) is 0 Å². The molecule has 0 saturated heterocycles. The van der Waals surface area contributed by atoms with Crippen LogP contribution in [0.25, 0.3) is 0 Å². The van der Waals surface area contributed by atoms with E-state index in [0.717, 1.165) is 11.3 Å². The number of hydrogen-bond donors (Lipinski definition) is 0. The van der Waals surface area contributed by atoms with Crippen molar-refractivity contribution >= 4 is 40.6 Å². The van der Waals surface area contributed by atoms with Gasteiger partial charge in [-0.05, 0) is 25.1 Å². The average molecular weight is 318 g/mol. The quantitative estimate of drug-likeness (QED) is 0.798. The van der Waals surface area contributed by atoms with E-state index in [4.69, 9.17) is 34.8 Å². The van der Waals surface area contributed by atoms with Gasteiger partial charge in [0.05, 0.1) is 10.7 Å². The molecular weight excluding hydrogens is 307 g/mol. The van der Waals surface area contributed by atoms with Crippen LogP contribution in [-0.4, -0.2) is 15.6 Å². The van der Waals surface area contributed by atoms with Gasteiger partial charge in [0.25, 0.3) is 0 Å². The van der Waals surface area contributed by atoms with Gasteiger partial charge in [0.2, 0.25) is 0 Å². The van der Waals surface area contributed by atoms with Gasteiger partial charge < -0.3 is 0 Å². The molecule has 100 valence electrons. The number of halogens is 3. The number of nitrogens with zero attached hydrogens (tertiary/aromatic N) is 2. The molecule has 0 bridgehead atoms. The molecule has 0 amide bonds. The second kappa shape index (κ2) is 5.53. The molecule has 0 radical (unpaired) electrons. The molecule has 0 unspecified atom stereocenters. The van der Waals surface area contributed by atoms with Crippen molar-refractivity contribution in [3.63, 3.8) is 0 Å². The van der Waals surface area contributed by atoms with Gasteiger partial charge in [0.15, 0.2) is 5.78 Å². The lowest BCUT2D eigenvalue weighted by Gasteiger charge is -2.04. The van der Waals surface area contributed by atoms with E-state index < -0.39 is 0 Å². The maximum atomic E-state index is 12.2. The first kappa shape index (κ1) is 14.4. The third-order valence-corrected chi connectivity index (χ3v) is 3.86. The van der Waals surface area contributed by atoms with Crippen molar-refractivity contribution in [2.45, 2.75) is 13.3 Å². The highest BCUT2D eigenvalue weighted by molar-refractivity contribution is 6.37. The molecule has 6 heteroatoms. The summed E-state index contributed by atoms with van der Waals surface area (Å²) >= 11 is 17.9. The number of ketones is 1. The van der Waals surface area contributed by atoms with Crippen LogP contribution in [0.15, 0.2) is 18.2 Å². The van der Waals surface area contributed by atoms with Gasteiger partial charge in [-0.25, -0.2) is 0 Å². The Kier molecular flexibility index (Phi) is 4.19. The van der Waals surface area contributed by atoms with Gasteiger partial charge >= 0.3 is 0 Å². The van der Waals surface area contributed by atoms with Gasteiger partial charge in [-0.1, -0.05) is 34.8 Å². The number of Topliss-reactive ketones (excluding diaryl/α,β-unsaturated/α-hetero) is 1. The molecule has 19 heavy (non-hydrogen) atoms. The van der Waals surface area contributed by atoms with Crippen molar-refractivity contribution < 1.29 is 4.79 Å². The monoisotopic (exact) mass is 316 g/mol. The molecule has 2 rings (SSSR count). The summed E-state index contributed by atoms with van der Waals surface area (Å²) in [6.07, 6.45) is 0.167. The van der Waals surface area contributed by atoms with Crippen molar-refractivity contribution in [3.05, 3.63) is 50.2 Å². The van der Waals surface area contributed by atoms with E-state index in [9.17, 15) is 4.79 Å². The highest BCUT2D eigenvalue weighted by atomic mass is 35.5. The largest absolute Gasteiger partial charge is 0.294 e. The summed E-state index contributed by atoms with van der Waals surface area (Å²) in [6, 6.07) is 4.80. The topological polar surface area (TPSA) is 34.9 Å². The van der Waals surface area contributed by atoms with Crippen molar-refractivity contribution in [2.24, 2.45) is 7.05 Å². The molecule has 3 nitrogen and oxygen atoms in total. The van der Waals surface area contributed by atoms with Gasteiger partial charge in [-0.2, -0.15) is 5.10 Å². The standard InChI is InChI=1S/C13H11Cl3N2O/c1-7-10(13(16)18(2)17-7)6-12(19)9-4-3-8(14)5-11(9)15/h3-5H,6H2,1-2H3. The molecule has 0 N–H and O–H groups in total. The van der Waals surface area contributed by atoms with E-state index in [2.05, 4.69) is 5.10 Å². The first-order valence-electron chi connectivity index (χ1n) is 5.56. The first-order valence-corrected chi connectivity index (χ1v) is 6.69. The summed E-state index contributed by atoms with van der Waals surface area (Å²) in [4.78, 5) is 12.2. The highest BCUT2D eigenvalue weighted by Gasteiger charge is 2.17. The fourth-order valence-corrected chi connectivity index (χ4v) is 2.60. The third kappa shape index (κ3) is 2.94. The normalized spacial score (nSPS) is 10.8. The molecule has 0 atom stereocenters. The zero-order valence-electron chi connectivity index (χ0n) is 10.4. The first-order chi connectivity index (χ1) is 8.90. The minimum Gasteiger partial charge on any atom is -0.294 e. The molecule has 0 saturated carbocycles. The van der Waals surface area contributed by atoms with E-state index in [1.165, 1.54) is 0 Å². The predicted octanol–water partition coefficient (Wildman–Crippen LogP) is 4.11. The van der Waals surface area contributed by atoms with Gasteiger partial charge in [-0.15, -0.1) is 0 Å². The van der Waals surface area contributed by atoms with E-state index >= 15 is 0 Å². The molecule has 0 fully saturated rings. The molecular formula is C13H11Cl3N2O.